The Morgan fingerprint density at radius 3 is 2.60 bits per heavy atom. The first-order valence-corrected chi connectivity index (χ1v) is 9.88. The summed E-state index contributed by atoms with van der Waals surface area (Å²) in [4.78, 5) is 4.55. The first-order valence-electron chi connectivity index (χ1n) is 9.88. The number of rotatable bonds is 4. The molecule has 5 rings (SSSR count). The molecule has 0 aliphatic carbocycles. The summed E-state index contributed by atoms with van der Waals surface area (Å²) in [7, 11) is 1.91. The van der Waals surface area contributed by atoms with Crippen LogP contribution in [0.4, 0.5) is 0 Å². The lowest BCUT2D eigenvalue weighted by Gasteiger charge is -2.13. The molecule has 1 atom stereocenters. The minimum Gasteiger partial charge on any atom is -0.361 e. The van der Waals surface area contributed by atoms with Crippen LogP contribution >= 0.6 is 0 Å². The highest BCUT2D eigenvalue weighted by atomic mass is 16.5. The van der Waals surface area contributed by atoms with Gasteiger partial charge in [-0.3, -0.25) is 14.3 Å². The van der Waals surface area contributed by atoms with E-state index in [2.05, 4.69) is 40.4 Å². The van der Waals surface area contributed by atoms with Gasteiger partial charge in [0.1, 0.15) is 11.5 Å². The molecule has 7 heteroatoms. The Kier molecular flexibility index (Phi) is 4.24. The average Bonchev–Trinajstić information content (AvgIpc) is 3.44. The Morgan fingerprint density at radius 1 is 1.07 bits per heavy atom. The fourth-order valence-corrected chi connectivity index (χ4v) is 3.99. The zero-order chi connectivity index (χ0) is 20.8. The molecule has 150 valence electrons. The summed E-state index contributed by atoms with van der Waals surface area (Å²) in [5.74, 6) is 0.808. The van der Waals surface area contributed by atoms with E-state index in [1.165, 1.54) is 0 Å². The smallest absolute Gasteiger partial charge is 0.141 e. The third-order valence-corrected chi connectivity index (χ3v) is 5.49. The van der Waals surface area contributed by atoms with Gasteiger partial charge in [-0.05, 0) is 50.6 Å². The van der Waals surface area contributed by atoms with E-state index in [0.717, 1.165) is 50.4 Å². The van der Waals surface area contributed by atoms with Crippen LogP contribution in [0.25, 0.3) is 33.3 Å². The molecule has 5 aromatic rings. The monoisotopic (exact) mass is 398 g/mol. The zero-order valence-electron chi connectivity index (χ0n) is 17.4. The number of fused-ring (bicyclic) bond motifs is 1. The summed E-state index contributed by atoms with van der Waals surface area (Å²) >= 11 is 0. The molecule has 0 aliphatic rings. The molecular weight excluding hydrogens is 376 g/mol. The molecule has 0 amide bonds. The first-order chi connectivity index (χ1) is 14.5. The highest BCUT2D eigenvalue weighted by molar-refractivity contribution is 5.95. The number of pyridine rings is 1. The minimum absolute atomic E-state index is 0.0287. The fourth-order valence-electron chi connectivity index (χ4n) is 3.99. The number of nitrogens with zero attached hydrogens (tertiary/aromatic N) is 6. The summed E-state index contributed by atoms with van der Waals surface area (Å²) in [5.41, 5.74) is 6.85. The molecule has 0 bridgehead atoms. The van der Waals surface area contributed by atoms with Crippen molar-refractivity contribution < 1.29 is 4.52 Å². The van der Waals surface area contributed by atoms with Crippen LogP contribution in [0.15, 0.2) is 59.5 Å². The van der Waals surface area contributed by atoms with Crippen molar-refractivity contribution in [2.24, 2.45) is 7.05 Å². The molecule has 0 spiro atoms. The molecule has 0 radical (unpaired) electrons. The fraction of sp³-hybridized carbons (Fsp3) is 0.217. The molecule has 0 fully saturated rings. The van der Waals surface area contributed by atoms with Crippen LogP contribution in [0.3, 0.4) is 0 Å². The lowest BCUT2D eigenvalue weighted by Crippen LogP contribution is -2.10. The summed E-state index contributed by atoms with van der Waals surface area (Å²) in [5, 5.41) is 14.5. The standard InChI is InChI=1S/C23H22N6O/c1-14-22(16(3)30-27-14)17-8-9-19-21(11-17)29(15(2)20-7-5-6-10-24-20)26-23(19)18-12-25-28(4)13-18/h5-13,15H,1-4H3/t15-/m0/s1. The van der Waals surface area contributed by atoms with Gasteiger partial charge in [-0.25, -0.2) is 0 Å². The van der Waals surface area contributed by atoms with E-state index in [-0.39, 0.29) is 6.04 Å². The molecule has 0 unspecified atom stereocenters. The van der Waals surface area contributed by atoms with Crippen molar-refractivity contribution in [3.8, 4) is 22.4 Å². The van der Waals surface area contributed by atoms with E-state index in [1.807, 2.05) is 62.4 Å². The Hall–Kier alpha value is -3.74. The van der Waals surface area contributed by atoms with Crippen molar-refractivity contribution >= 4 is 10.9 Å². The number of benzene rings is 1. The largest absolute Gasteiger partial charge is 0.361 e. The van der Waals surface area contributed by atoms with Gasteiger partial charge in [-0.2, -0.15) is 10.2 Å². The van der Waals surface area contributed by atoms with Crippen LogP contribution < -0.4 is 0 Å². The second kappa shape index (κ2) is 6.95. The second-order valence-electron chi connectivity index (χ2n) is 7.56. The van der Waals surface area contributed by atoms with Gasteiger partial charge in [0.05, 0.1) is 29.1 Å². The van der Waals surface area contributed by atoms with E-state index in [9.17, 15) is 0 Å². The minimum atomic E-state index is -0.0287. The third-order valence-electron chi connectivity index (χ3n) is 5.49. The van der Waals surface area contributed by atoms with Crippen LogP contribution in [0.1, 0.15) is 30.1 Å². The normalized spacial score (nSPS) is 12.5. The highest BCUT2D eigenvalue weighted by Gasteiger charge is 2.21. The quantitative estimate of drug-likeness (QED) is 0.438. The summed E-state index contributed by atoms with van der Waals surface area (Å²) in [6.45, 7) is 6.02. The van der Waals surface area contributed by atoms with E-state index >= 15 is 0 Å². The molecule has 7 nitrogen and oxygen atoms in total. The average molecular weight is 398 g/mol. The lowest BCUT2D eigenvalue weighted by atomic mass is 10.0. The highest BCUT2D eigenvalue weighted by Crippen LogP contribution is 2.35. The van der Waals surface area contributed by atoms with Gasteiger partial charge in [-0.1, -0.05) is 17.3 Å². The van der Waals surface area contributed by atoms with Crippen molar-refractivity contribution in [1.29, 1.82) is 0 Å². The van der Waals surface area contributed by atoms with Gasteiger partial charge in [-0.15, -0.1) is 0 Å². The van der Waals surface area contributed by atoms with Crippen LogP contribution in [-0.4, -0.2) is 29.7 Å². The number of hydrogen-bond acceptors (Lipinski definition) is 5. The Labute approximate surface area is 174 Å². The molecular formula is C23H22N6O. The zero-order valence-corrected chi connectivity index (χ0v) is 17.4. The molecule has 4 heterocycles. The van der Waals surface area contributed by atoms with Gasteiger partial charge >= 0.3 is 0 Å². The van der Waals surface area contributed by atoms with Crippen LogP contribution in [0.2, 0.25) is 0 Å². The molecule has 0 saturated heterocycles. The molecule has 0 aliphatic heterocycles. The second-order valence-corrected chi connectivity index (χ2v) is 7.56. The Balaban J connectivity index is 1.75. The summed E-state index contributed by atoms with van der Waals surface area (Å²) in [6.07, 6.45) is 5.65. The van der Waals surface area contributed by atoms with E-state index in [0.29, 0.717) is 0 Å². The lowest BCUT2D eigenvalue weighted by molar-refractivity contribution is 0.393. The van der Waals surface area contributed by atoms with Crippen molar-refractivity contribution in [2.75, 3.05) is 0 Å². The van der Waals surface area contributed by atoms with Gasteiger partial charge in [0.15, 0.2) is 0 Å². The van der Waals surface area contributed by atoms with Crippen molar-refractivity contribution in [2.45, 2.75) is 26.8 Å². The van der Waals surface area contributed by atoms with E-state index in [1.54, 1.807) is 4.68 Å². The topological polar surface area (TPSA) is 74.6 Å². The maximum atomic E-state index is 5.39. The predicted molar refractivity (Wildman–Crippen MR) is 115 cm³/mol. The van der Waals surface area contributed by atoms with Crippen molar-refractivity contribution in [3.63, 3.8) is 0 Å². The maximum Gasteiger partial charge on any atom is 0.141 e. The first kappa shape index (κ1) is 18.3. The van der Waals surface area contributed by atoms with Gasteiger partial charge in [0, 0.05) is 36.0 Å². The molecule has 0 saturated carbocycles. The van der Waals surface area contributed by atoms with E-state index < -0.39 is 0 Å². The van der Waals surface area contributed by atoms with Crippen LogP contribution in [0.5, 0.6) is 0 Å². The summed E-state index contributed by atoms with van der Waals surface area (Å²) in [6, 6.07) is 12.3. The molecule has 0 N–H and O–H groups in total. The Morgan fingerprint density at radius 2 is 1.93 bits per heavy atom. The van der Waals surface area contributed by atoms with Crippen LogP contribution in [-0.2, 0) is 7.05 Å². The van der Waals surface area contributed by atoms with Crippen molar-refractivity contribution in [3.05, 3.63) is 72.1 Å². The summed E-state index contributed by atoms with van der Waals surface area (Å²) < 4.78 is 9.23. The number of aryl methyl sites for hydroxylation is 3. The Bertz CT molecular complexity index is 1330. The van der Waals surface area contributed by atoms with Gasteiger partial charge in [0.2, 0.25) is 0 Å². The van der Waals surface area contributed by atoms with Crippen molar-refractivity contribution in [1.82, 2.24) is 29.7 Å². The van der Waals surface area contributed by atoms with Gasteiger partial charge < -0.3 is 4.52 Å². The molecule has 1 aromatic carbocycles. The maximum absolute atomic E-state index is 5.39. The van der Waals surface area contributed by atoms with E-state index in [4.69, 9.17) is 9.62 Å². The van der Waals surface area contributed by atoms with Gasteiger partial charge in [0.25, 0.3) is 0 Å². The number of aromatic nitrogens is 6. The molecule has 4 aromatic heterocycles. The van der Waals surface area contributed by atoms with Crippen LogP contribution in [0, 0.1) is 13.8 Å². The third kappa shape index (κ3) is 2.90. The number of hydrogen-bond donors (Lipinski definition) is 0. The SMILES string of the molecule is Cc1noc(C)c1-c1ccc2c(-c3cnn(C)c3)nn([C@@H](C)c3ccccn3)c2c1. The molecule has 30 heavy (non-hydrogen) atoms. The predicted octanol–water partition coefficient (Wildman–Crippen LogP) is 4.71.